The Balaban J connectivity index is 2.67. The second-order valence-electron chi connectivity index (χ2n) is 1.94. The summed E-state index contributed by atoms with van der Waals surface area (Å²) in [6.07, 6.45) is 1.30. The van der Waals surface area contributed by atoms with Gasteiger partial charge in [-0.25, -0.2) is 9.78 Å². The van der Waals surface area contributed by atoms with Gasteiger partial charge in [0.1, 0.15) is 10.4 Å². The van der Waals surface area contributed by atoms with Crippen molar-refractivity contribution >= 4 is 27.7 Å². The van der Waals surface area contributed by atoms with Crippen LogP contribution in [0, 0.1) is 0 Å². The lowest BCUT2D eigenvalue weighted by Crippen LogP contribution is -1.89. The number of hydrogen-bond donors (Lipinski definition) is 1. The van der Waals surface area contributed by atoms with Gasteiger partial charge in [-0.15, -0.1) is 0 Å². The van der Waals surface area contributed by atoms with Gasteiger partial charge in [0.05, 0.1) is 0 Å². The van der Waals surface area contributed by atoms with Crippen molar-refractivity contribution < 1.29 is 14.3 Å². The normalized spacial score (nSPS) is 10.5. The third-order valence-electron chi connectivity index (χ3n) is 1.24. The molecule has 0 aliphatic rings. The largest absolute Gasteiger partial charge is 0.477 e. The molecule has 2 aromatic heterocycles. The van der Waals surface area contributed by atoms with Crippen LogP contribution in [0.2, 0.25) is 0 Å². The molecule has 2 heterocycles. The number of fused-ring (bicyclic) bond motifs is 1. The molecule has 0 bridgehead atoms. The first kappa shape index (κ1) is 6.36. The van der Waals surface area contributed by atoms with Crippen LogP contribution in [-0.2, 0) is 0 Å². The minimum atomic E-state index is -0.941. The third-order valence-corrected chi connectivity index (χ3v) is 2.25. The van der Waals surface area contributed by atoms with Gasteiger partial charge in [0.25, 0.3) is 0 Å². The van der Waals surface area contributed by atoms with Crippen LogP contribution >= 0.6 is 11.3 Å². The molecule has 0 atom stereocenters. The zero-order valence-electron chi connectivity index (χ0n) is 5.27. The Bertz CT molecular complexity index is 374. The average molecular weight is 169 g/mol. The van der Waals surface area contributed by atoms with Gasteiger partial charge in [0, 0.05) is 0 Å². The zero-order chi connectivity index (χ0) is 7.84. The summed E-state index contributed by atoms with van der Waals surface area (Å²) in [6.45, 7) is 0. The highest BCUT2D eigenvalue weighted by atomic mass is 32.1. The van der Waals surface area contributed by atoms with Crippen LogP contribution in [-0.4, -0.2) is 16.1 Å². The molecular formula is C6H3NO3S. The van der Waals surface area contributed by atoms with Crippen LogP contribution in [0.4, 0.5) is 0 Å². The fourth-order valence-electron chi connectivity index (χ4n) is 0.776. The van der Waals surface area contributed by atoms with E-state index in [1.54, 1.807) is 0 Å². The van der Waals surface area contributed by atoms with Crippen molar-refractivity contribution in [2.75, 3.05) is 0 Å². The highest BCUT2D eigenvalue weighted by Crippen LogP contribution is 2.23. The number of oxazole rings is 1. The van der Waals surface area contributed by atoms with Gasteiger partial charge in [0.2, 0.25) is 4.90 Å². The van der Waals surface area contributed by atoms with Gasteiger partial charge in [0.15, 0.2) is 6.39 Å². The Labute approximate surface area is 65.1 Å². The minimum Gasteiger partial charge on any atom is -0.477 e. The highest BCUT2D eigenvalue weighted by molar-refractivity contribution is 7.20. The lowest BCUT2D eigenvalue weighted by atomic mass is 10.4. The molecule has 11 heavy (non-hydrogen) atoms. The first-order valence-corrected chi connectivity index (χ1v) is 3.65. The van der Waals surface area contributed by atoms with E-state index < -0.39 is 5.97 Å². The highest BCUT2D eigenvalue weighted by Gasteiger charge is 2.10. The molecule has 0 spiro atoms. The Morgan fingerprint density at radius 2 is 2.55 bits per heavy atom. The fourth-order valence-corrected chi connectivity index (χ4v) is 1.54. The van der Waals surface area contributed by atoms with Crippen molar-refractivity contribution in [2.24, 2.45) is 0 Å². The standard InChI is InChI=1S/C6H3NO3S/c8-5(9)4-1-3-6(11-4)10-2-7-3/h1-2H,(H,8,9). The number of aromatic nitrogens is 1. The van der Waals surface area contributed by atoms with Crippen molar-refractivity contribution in [3.05, 3.63) is 17.3 Å². The Morgan fingerprint density at radius 1 is 1.73 bits per heavy atom. The average Bonchev–Trinajstić information content (AvgIpc) is 2.40. The van der Waals surface area contributed by atoms with Gasteiger partial charge >= 0.3 is 5.97 Å². The summed E-state index contributed by atoms with van der Waals surface area (Å²) in [5.74, 6) is -0.941. The number of hydrogen-bond acceptors (Lipinski definition) is 4. The van der Waals surface area contributed by atoms with Gasteiger partial charge < -0.3 is 9.52 Å². The summed E-state index contributed by atoms with van der Waals surface area (Å²) in [5.41, 5.74) is 0.604. The molecule has 4 nitrogen and oxygen atoms in total. The van der Waals surface area contributed by atoms with Crippen molar-refractivity contribution in [3.8, 4) is 0 Å². The number of carbonyl (C=O) groups is 1. The van der Waals surface area contributed by atoms with E-state index in [4.69, 9.17) is 9.52 Å². The molecule has 0 saturated carbocycles. The number of rotatable bonds is 1. The molecule has 0 aromatic carbocycles. The molecule has 0 aliphatic heterocycles. The van der Waals surface area contributed by atoms with E-state index in [0.29, 0.717) is 10.4 Å². The summed E-state index contributed by atoms with van der Waals surface area (Å²) in [6, 6.07) is 1.49. The van der Waals surface area contributed by atoms with E-state index in [1.807, 2.05) is 0 Å². The number of carboxylic acid groups (broad SMARTS) is 1. The van der Waals surface area contributed by atoms with E-state index in [2.05, 4.69) is 4.98 Å². The fraction of sp³-hybridized carbons (Fsp3) is 0. The maximum absolute atomic E-state index is 10.4. The Kier molecular flexibility index (Phi) is 1.19. The number of aromatic carboxylic acids is 1. The first-order chi connectivity index (χ1) is 5.27. The van der Waals surface area contributed by atoms with E-state index in [1.165, 1.54) is 12.5 Å². The van der Waals surface area contributed by atoms with Crippen LogP contribution in [0.3, 0.4) is 0 Å². The molecule has 5 heteroatoms. The predicted molar refractivity (Wildman–Crippen MR) is 38.8 cm³/mol. The van der Waals surface area contributed by atoms with Crippen LogP contribution < -0.4 is 0 Å². The van der Waals surface area contributed by atoms with Gasteiger partial charge in [-0.3, -0.25) is 0 Å². The monoisotopic (exact) mass is 169 g/mol. The van der Waals surface area contributed by atoms with E-state index >= 15 is 0 Å². The lowest BCUT2D eigenvalue weighted by Gasteiger charge is -1.79. The molecule has 56 valence electrons. The smallest absolute Gasteiger partial charge is 0.346 e. The van der Waals surface area contributed by atoms with Crippen molar-refractivity contribution in [2.45, 2.75) is 0 Å². The van der Waals surface area contributed by atoms with Crippen molar-refractivity contribution in [3.63, 3.8) is 0 Å². The number of nitrogens with zero attached hydrogens (tertiary/aromatic N) is 1. The molecule has 0 radical (unpaired) electrons. The van der Waals surface area contributed by atoms with Crippen molar-refractivity contribution in [1.82, 2.24) is 4.98 Å². The van der Waals surface area contributed by atoms with Crippen LogP contribution in [0.15, 0.2) is 16.9 Å². The summed E-state index contributed by atoms with van der Waals surface area (Å²) < 4.78 is 4.89. The summed E-state index contributed by atoms with van der Waals surface area (Å²) in [4.78, 5) is 15.0. The second kappa shape index (κ2) is 2.06. The molecule has 2 aromatic rings. The lowest BCUT2D eigenvalue weighted by molar-refractivity contribution is 0.0702. The molecular weight excluding hydrogens is 166 g/mol. The van der Waals surface area contributed by atoms with Crippen LogP contribution in [0.5, 0.6) is 0 Å². The number of thiophene rings is 1. The topological polar surface area (TPSA) is 63.3 Å². The predicted octanol–water partition coefficient (Wildman–Crippen LogP) is 1.59. The SMILES string of the molecule is O=C(O)c1cc2ncoc2s1. The second-order valence-corrected chi connectivity index (χ2v) is 2.96. The summed E-state index contributed by atoms with van der Waals surface area (Å²) in [5, 5.41) is 8.55. The minimum absolute atomic E-state index is 0.256. The first-order valence-electron chi connectivity index (χ1n) is 2.83. The molecule has 2 rings (SSSR count). The van der Waals surface area contributed by atoms with Crippen molar-refractivity contribution in [1.29, 1.82) is 0 Å². The van der Waals surface area contributed by atoms with E-state index in [9.17, 15) is 4.79 Å². The van der Waals surface area contributed by atoms with Gasteiger partial charge in [-0.05, 0) is 6.07 Å². The van der Waals surface area contributed by atoms with Crippen LogP contribution in [0.25, 0.3) is 10.4 Å². The van der Waals surface area contributed by atoms with E-state index in [0.717, 1.165) is 11.3 Å². The molecule has 0 saturated heterocycles. The maximum atomic E-state index is 10.4. The molecule has 0 aliphatic carbocycles. The zero-order valence-corrected chi connectivity index (χ0v) is 6.09. The number of carboxylic acids is 1. The third kappa shape index (κ3) is 0.894. The molecule has 0 fully saturated rings. The Hall–Kier alpha value is -1.36. The summed E-state index contributed by atoms with van der Waals surface area (Å²) >= 11 is 1.08. The Morgan fingerprint density at radius 3 is 3.18 bits per heavy atom. The maximum Gasteiger partial charge on any atom is 0.346 e. The molecule has 0 amide bonds. The van der Waals surface area contributed by atoms with E-state index in [-0.39, 0.29) is 4.88 Å². The summed E-state index contributed by atoms with van der Waals surface area (Å²) in [7, 11) is 0. The molecule has 0 unspecified atom stereocenters. The van der Waals surface area contributed by atoms with Crippen LogP contribution in [0.1, 0.15) is 9.67 Å². The quantitative estimate of drug-likeness (QED) is 0.704. The molecule has 1 N–H and O–H groups in total. The van der Waals surface area contributed by atoms with Gasteiger partial charge in [-0.2, -0.15) is 0 Å². The van der Waals surface area contributed by atoms with Gasteiger partial charge in [-0.1, -0.05) is 11.3 Å².